The average Bonchev–Trinajstić information content (AvgIpc) is 3.09. The third-order valence-corrected chi connectivity index (χ3v) is 4.84. The molecule has 1 N–H and O–H groups in total. The molecular formula is C17H20N4OS. The zero-order chi connectivity index (χ0) is 16.4. The van der Waals surface area contributed by atoms with E-state index in [1.54, 1.807) is 4.52 Å². The molecule has 2 heterocycles. The maximum Gasteiger partial charge on any atom is 0.250 e. The number of aromatic nitrogens is 3. The number of hydrogen-bond donors (Lipinski definition) is 1. The number of nitrogens with zero attached hydrogens (tertiary/aromatic N) is 3. The van der Waals surface area contributed by atoms with Crippen molar-refractivity contribution in [3.63, 3.8) is 0 Å². The minimum Gasteiger partial charge on any atom is -0.293 e. The fourth-order valence-electron chi connectivity index (χ4n) is 2.53. The highest BCUT2D eigenvalue weighted by Gasteiger charge is 2.17. The molecule has 0 saturated carbocycles. The van der Waals surface area contributed by atoms with Crippen molar-refractivity contribution >= 4 is 28.2 Å². The van der Waals surface area contributed by atoms with E-state index < -0.39 is 0 Å². The molecule has 0 saturated heterocycles. The highest BCUT2D eigenvalue weighted by Crippen LogP contribution is 2.26. The first-order chi connectivity index (χ1) is 11.1. The van der Waals surface area contributed by atoms with Gasteiger partial charge in [0.2, 0.25) is 16.8 Å². The van der Waals surface area contributed by atoms with Gasteiger partial charge in [-0.15, -0.1) is 16.4 Å². The summed E-state index contributed by atoms with van der Waals surface area (Å²) in [5.74, 6) is 0.375. The predicted molar refractivity (Wildman–Crippen MR) is 93.7 cm³/mol. The van der Waals surface area contributed by atoms with Crippen LogP contribution in [0.2, 0.25) is 0 Å². The lowest BCUT2D eigenvalue weighted by Crippen LogP contribution is -2.22. The van der Waals surface area contributed by atoms with E-state index in [0.717, 1.165) is 29.1 Å². The lowest BCUT2D eigenvalue weighted by molar-refractivity contribution is -0.120. The maximum atomic E-state index is 12.2. The van der Waals surface area contributed by atoms with E-state index in [2.05, 4.69) is 46.6 Å². The molecule has 1 amide bonds. The minimum atomic E-state index is -0.00913. The summed E-state index contributed by atoms with van der Waals surface area (Å²) in [4.78, 5) is 17.4. The molecule has 0 aliphatic heterocycles. The smallest absolute Gasteiger partial charge is 0.250 e. The molecule has 0 atom stereocenters. The SMILES string of the molecule is CCC(CC)C(=O)Nc1nc2scc(-c3ccc(C)cc3)n2n1. The molecule has 23 heavy (non-hydrogen) atoms. The summed E-state index contributed by atoms with van der Waals surface area (Å²) in [6, 6.07) is 8.29. The quantitative estimate of drug-likeness (QED) is 0.765. The topological polar surface area (TPSA) is 59.3 Å². The molecule has 0 radical (unpaired) electrons. The van der Waals surface area contributed by atoms with Crippen LogP contribution >= 0.6 is 11.3 Å². The van der Waals surface area contributed by atoms with Gasteiger partial charge >= 0.3 is 0 Å². The number of nitrogens with one attached hydrogen (secondary N) is 1. The number of benzene rings is 1. The van der Waals surface area contributed by atoms with E-state index in [9.17, 15) is 4.79 Å². The summed E-state index contributed by atoms with van der Waals surface area (Å²) >= 11 is 1.52. The van der Waals surface area contributed by atoms with E-state index in [1.807, 2.05) is 19.2 Å². The highest BCUT2D eigenvalue weighted by atomic mass is 32.1. The Morgan fingerprint density at radius 2 is 1.96 bits per heavy atom. The molecule has 120 valence electrons. The van der Waals surface area contributed by atoms with Crippen molar-refractivity contribution in [1.29, 1.82) is 0 Å². The molecular weight excluding hydrogens is 308 g/mol. The van der Waals surface area contributed by atoms with Crippen LogP contribution in [0.1, 0.15) is 32.3 Å². The van der Waals surface area contributed by atoms with Gasteiger partial charge < -0.3 is 0 Å². The molecule has 3 rings (SSSR count). The Bertz CT molecular complexity index is 815. The summed E-state index contributed by atoms with van der Waals surface area (Å²) in [6.07, 6.45) is 1.64. The standard InChI is InChI=1S/C17H20N4OS/c1-4-12(5-2)15(22)18-16-19-17-21(20-16)14(10-23-17)13-8-6-11(3)7-9-13/h6-10,12H,4-5H2,1-3H3,(H,18,20,22). The number of amides is 1. The molecule has 1 aromatic carbocycles. The van der Waals surface area contributed by atoms with Crippen LogP contribution in [0.4, 0.5) is 5.95 Å². The Balaban J connectivity index is 1.88. The Morgan fingerprint density at radius 1 is 1.26 bits per heavy atom. The van der Waals surface area contributed by atoms with Crippen LogP contribution in [0, 0.1) is 12.8 Å². The van der Waals surface area contributed by atoms with E-state index in [-0.39, 0.29) is 11.8 Å². The van der Waals surface area contributed by atoms with Gasteiger partial charge in [-0.2, -0.15) is 4.98 Å². The number of thiazole rings is 1. The Labute approximate surface area is 139 Å². The van der Waals surface area contributed by atoms with Gasteiger partial charge in [0.1, 0.15) is 0 Å². The monoisotopic (exact) mass is 328 g/mol. The summed E-state index contributed by atoms with van der Waals surface area (Å²) < 4.78 is 1.79. The highest BCUT2D eigenvalue weighted by molar-refractivity contribution is 7.15. The number of hydrogen-bond acceptors (Lipinski definition) is 4. The van der Waals surface area contributed by atoms with Crippen molar-refractivity contribution in [2.75, 3.05) is 5.32 Å². The van der Waals surface area contributed by atoms with Crippen molar-refractivity contribution in [1.82, 2.24) is 14.6 Å². The molecule has 0 bridgehead atoms. The zero-order valence-corrected chi connectivity index (χ0v) is 14.4. The summed E-state index contributed by atoms with van der Waals surface area (Å²) in [5, 5.41) is 9.31. The molecule has 6 heteroatoms. The van der Waals surface area contributed by atoms with Gasteiger partial charge in [-0.05, 0) is 19.8 Å². The van der Waals surface area contributed by atoms with Gasteiger partial charge in [-0.1, -0.05) is 43.7 Å². The van der Waals surface area contributed by atoms with Gasteiger partial charge in [0, 0.05) is 16.9 Å². The molecule has 0 spiro atoms. The van der Waals surface area contributed by atoms with Crippen LogP contribution in [0.5, 0.6) is 0 Å². The molecule has 0 fully saturated rings. The fourth-order valence-corrected chi connectivity index (χ4v) is 3.36. The van der Waals surface area contributed by atoms with Gasteiger partial charge in [0.25, 0.3) is 0 Å². The molecule has 5 nitrogen and oxygen atoms in total. The second kappa shape index (κ2) is 6.50. The minimum absolute atomic E-state index is 0.00750. The molecule has 2 aromatic heterocycles. The number of fused-ring (bicyclic) bond motifs is 1. The number of aryl methyl sites for hydroxylation is 1. The first-order valence-corrected chi connectivity index (χ1v) is 8.72. The van der Waals surface area contributed by atoms with Gasteiger partial charge in [-0.3, -0.25) is 10.1 Å². The van der Waals surface area contributed by atoms with Crippen molar-refractivity contribution in [2.45, 2.75) is 33.6 Å². The largest absolute Gasteiger partial charge is 0.293 e. The zero-order valence-electron chi connectivity index (χ0n) is 13.5. The second-order valence-electron chi connectivity index (χ2n) is 5.62. The van der Waals surface area contributed by atoms with Crippen LogP contribution in [0.25, 0.3) is 16.2 Å². The van der Waals surface area contributed by atoms with Crippen LogP contribution in [0.3, 0.4) is 0 Å². The lowest BCUT2D eigenvalue weighted by Gasteiger charge is -2.09. The maximum absolute atomic E-state index is 12.2. The summed E-state index contributed by atoms with van der Waals surface area (Å²) in [6.45, 7) is 6.10. The number of carbonyl (C=O) groups excluding carboxylic acids is 1. The van der Waals surface area contributed by atoms with Crippen molar-refractivity contribution in [3.8, 4) is 11.3 Å². The summed E-state index contributed by atoms with van der Waals surface area (Å²) in [5.41, 5.74) is 3.29. The van der Waals surface area contributed by atoms with Crippen LogP contribution in [-0.4, -0.2) is 20.5 Å². The predicted octanol–water partition coefficient (Wildman–Crippen LogP) is 4.14. The average molecular weight is 328 g/mol. The van der Waals surface area contributed by atoms with E-state index in [1.165, 1.54) is 16.9 Å². The van der Waals surface area contributed by atoms with Crippen molar-refractivity contribution in [3.05, 3.63) is 35.2 Å². The molecule has 0 aliphatic carbocycles. The van der Waals surface area contributed by atoms with Crippen molar-refractivity contribution in [2.24, 2.45) is 5.92 Å². The van der Waals surface area contributed by atoms with Crippen molar-refractivity contribution < 1.29 is 4.79 Å². The second-order valence-corrected chi connectivity index (χ2v) is 6.46. The number of carbonyl (C=O) groups is 1. The van der Waals surface area contributed by atoms with Gasteiger partial charge in [-0.25, -0.2) is 4.52 Å². The molecule has 0 unspecified atom stereocenters. The summed E-state index contributed by atoms with van der Waals surface area (Å²) in [7, 11) is 0. The van der Waals surface area contributed by atoms with E-state index in [4.69, 9.17) is 0 Å². The number of rotatable bonds is 5. The third-order valence-electron chi connectivity index (χ3n) is 4.02. The first kappa shape index (κ1) is 15.7. The van der Waals surface area contributed by atoms with Gasteiger partial charge in [0.15, 0.2) is 0 Å². The molecule has 3 aromatic rings. The Hall–Kier alpha value is -2.21. The van der Waals surface area contributed by atoms with Crippen LogP contribution in [0.15, 0.2) is 29.6 Å². The Kier molecular flexibility index (Phi) is 4.43. The normalized spacial score (nSPS) is 11.3. The van der Waals surface area contributed by atoms with E-state index in [0.29, 0.717) is 5.95 Å². The van der Waals surface area contributed by atoms with Crippen LogP contribution in [-0.2, 0) is 4.79 Å². The Morgan fingerprint density at radius 3 is 2.61 bits per heavy atom. The fraction of sp³-hybridized carbons (Fsp3) is 0.353. The third kappa shape index (κ3) is 3.12. The number of anilines is 1. The first-order valence-electron chi connectivity index (χ1n) is 7.84. The van der Waals surface area contributed by atoms with Gasteiger partial charge in [0.05, 0.1) is 5.69 Å². The van der Waals surface area contributed by atoms with Crippen LogP contribution < -0.4 is 5.32 Å². The lowest BCUT2D eigenvalue weighted by atomic mass is 10.0. The van der Waals surface area contributed by atoms with E-state index >= 15 is 0 Å². The molecule has 0 aliphatic rings.